The Morgan fingerprint density at radius 3 is 2.82 bits per heavy atom. The minimum absolute atomic E-state index is 0.169. The van der Waals surface area contributed by atoms with Crippen LogP contribution >= 0.6 is 0 Å². The van der Waals surface area contributed by atoms with Crippen LogP contribution in [0.3, 0.4) is 0 Å². The fourth-order valence-electron chi connectivity index (χ4n) is 1.15. The first-order valence-electron chi connectivity index (χ1n) is 3.86. The van der Waals surface area contributed by atoms with Crippen LogP contribution in [0, 0.1) is 5.92 Å². The van der Waals surface area contributed by atoms with E-state index < -0.39 is 6.10 Å². The van der Waals surface area contributed by atoms with Gasteiger partial charge in [-0.3, -0.25) is 0 Å². The predicted molar refractivity (Wildman–Crippen MR) is 37.7 cm³/mol. The van der Waals surface area contributed by atoms with E-state index in [0.717, 1.165) is 6.42 Å². The normalized spacial score (nSPS) is 28.4. The first kappa shape index (κ1) is 8.93. The fraction of sp³-hybridized carbons (Fsp3) is 1.00. The quantitative estimate of drug-likeness (QED) is 0.559. The van der Waals surface area contributed by atoms with Crippen molar-refractivity contribution in [1.29, 1.82) is 0 Å². The van der Waals surface area contributed by atoms with Crippen LogP contribution in [0.4, 0.5) is 0 Å². The van der Waals surface area contributed by atoms with Gasteiger partial charge in [0.2, 0.25) is 0 Å². The second-order valence-electron chi connectivity index (χ2n) is 2.83. The highest BCUT2D eigenvalue weighted by atomic mass is 17.2. The minimum atomic E-state index is -0.610. The van der Waals surface area contributed by atoms with Crippen LogP contribution < -0.4 is 0 Å². The van der Waals surface area contributed by atoms with E-state index in [0.29, 0.717) is 25.6 Å². The maximum absolute atomic E-state index is 9.06. The van der Waals surface area contributed by atoms with Crippen LogP contribution in [0.15, 0.2) is 0 Å². The number of hydrogen-bond acceptors (Lipinski definition) is 4. The molecule has 2 unspecified atom stereocenters. The van der Waals surface area contributed by atoms with E-state index >= 15 is 0 Å². The Balaban J connectivity index is 2.13. The molecule has 0 bridgehead atoms. The molecule has 2 atom stereocenters. The van der Waals surface area contributed by atoms with Crippen molar-refractivity contribution in [2.75, 3.05) is 19.8 Å². The molecule has 2 N–H and O–H groups in total. The summed E-state index contributed by atoms with van der Waals surface area (Å²) in [5.41, 5.74) is 0. The number of hydrogen-bond donors (Lipinski definition) is 2. The van der Waals surface area contributed by atoms with Crippen molar-refractivity contribution >= 4 is 0 Å². The van der Waals surface area contributed by atoms with Crippen molar-refractivity contribution in [3.05, 3.63) is 0 Å². The number of aliphatic hydroxyl groups is 2. The summed E-state index contributed by atoms with van der Waals surface area (Å²) in [7, 11) is 0. The summed E-state index contributed by atoms with van der Waals surface area (Å²) in [6.45, 7) is 0.942. The summed E-state index contributed by atoms with van der Waals surface area (Å²) in [5.74, 6) is 0.325. The number of rotatable bonds is 3. The van der Waals surface area contributed by atoms with Crippen molar-refractivity contribution in [2.24, 2.45) is 5.92 Å². The summed E-state index contributed by atoms with van der Waals surface area (Å²) in [6.07, 6.45) is 0.887. The van der Waals surface area contributed by atoms with E-state index in [2.05, 4.69) is 4.89 Å². The third-order valence-corrected chi connectivity index (χ3v) is 1.81. The van der Waals surface area contributed by atoms with Gasteiger partial charge in [-0.25, -0.2) is 9.78 Å². The molecular weight excluding hydrogens is 148 g/mol. The van der Waals surface area contributed by atoms with E-state index in [-0.39, 0.29) is 6.61 Å². The molecule has 1 fully saturated rings. The maximum Gasteiger partial charge on any atom is 0.0852 e. The molecule has 0 amide bonds. The van der Waals surface area contributed by atoms with Gasteiger partial charge in [0.15, 0.2) is 0 Å². The molecule has 0 saturated carbocycles. The summed E-state index contributed by atoms with van der Waals surface area (Å²) in [5, 5.41) is 17.6. The van der Waals surface area contributed by atoms with Gasteiger partial charge in [0.25, 0.3) is 0 Å². The molecule has 1 saturated heterocycles. The molecule has 11 heavy (non-hydrogen) atoms. The van der Waals surface area contributed by atoms with Gasteiger partial charge >= 0.3 is 0 Å². The lowest BCUT2D eigenvalue weighted by atomic mass is 9.99. The Bertz CT molecular complexity index is 101. The maximum atomic E-state index is 9.06. The lowest BCUT2D eigenvalue weighted by Gasteiger charge is -2.22. The molecule has 1 heterocycles. The van der Waals surface area contributed by atoms with E-state index in [1.807, 2.05) is 0 Å². The summed E-state index contributed by atoms with van der Waals surface area (Å²) >= 11 is 0. The monoisotopic (exact) mass is 162 g/mol. The number of aliphatic hydroxyl groups excluding tert-OH is 2. The second kappa shape index (κ2) is 4.66. The van der Waals surface area contributed by atoms with Gasteiger partial charge in [0, 0.05) is 0 Å². The van der Waals surface area contributed by atoms with Gasteiger partial charge in [-0.2, -0.15) is 0 Å². The first-order valence-corrected chi connectivity index (χ1v) is 3.86. The van der Waals surface area contributed by atoms with Gasteiger partial charge in [-0.05, 0) is 18.8 Å². The Labute approximate surface area is 65.7 Å². The lowest BCUT2D eigenvalue weighted by molar-refractivity contribution is -0.325. The van der Waals surface area contributed by atoms with Crippen molar-refractivity contribution in [3.63, 3.8) is 0 Å². The van der Waals surface area contributed by atoms with Crippen LogP contribution in [0.25, 0.3) is 0 Å². The molecule has 0 aliphatic carbocycles. The smallest absolute Gasteiger partial charge is 0.0852 e. The van der Waals surface area contributed by atoms with Gasteiger partial charge in [-0.1, -0.05) is 0 Å². The molecule has 1 aliphatic rings. The minimum Gasteiger partial charge on any atom is -0.394 e. The van der Waals surface area contributed by atoms with Gasteiger partial charge < -0.3 is 10.2 Å². The van der Waals surface area contributed by atoms with E-state index in [9.17, 15) is 0 Å². The predicted octanol–water partition coefficient (Wildman–Crippen LogP) is -0.302. The molecule has 1 rings (SSSR count). The Kier molecular flexibility index (Phi) is 3.79. The molecule has 0 radical (unpaired) electrons. The van der Waals surface area contributed by atoms with Crippen molar-refractivity contribution in [2.45, 2.75) is 18.9 Å². The largest absolute Gasteiger partial charge is 0.394 e. The molecule has 0 aromatic heterocycles. The van der Waals surface area contributed by atoms with Crippen LogP contribution in [-0.2, 0) is 9.78 Å². The molecule has 4 heteroatoms. The zero-order valence-corrected chi connectivity index (χ0v) is 6.40. The van der Waals surface area contributed by atoms with Crippen LogP contribution in [-0.4, -0.2) is 36.1 Å². The van der Waals surface area contributed by atoms with Crippen LogP contribution in [0.1, 0.15) is 12.8 Å². The molecule has 0 spiro atoms. The second-order valence-corrected chi connectivity index (χ2v) is 2.83. The van der Waals surface area contributed by atoms with Crippen LogP contribution in [0.5, 0.6) is 0 Å². The fourth-order valence-corrected chi connectivity index (χ4v) is 1.15. The van der Waals surface area contributed by atoms with E-state index in [4.69, 9.17) is 15.1 Å². The zero-order chi connectivity index (χ0) is 8.10. The molecule has 0 aromatic rings. The Morgan fingerprint density at radius 2 is 2.27 bits per heavy atom. The van der Waals surface area contributed by atoms with E-state index in [1.165, 1.54) is 0 Å². The third kappa shape index (κ3) is 3.16. The van der Waals surface area contributed by atoms with Crippen molar-refractivity contribution in [3.8, 4) is 0 Å². The zero-order valence-electron chi connectivity index (χ0n) is 6.40. The van der Waals surface area contributed by atoms with Gasteiger partial charge in [0.1, 0.15) is 0 Å². The van der Waals surface area contributed by atoms with Crippen LogP contribution in [0.2, 0.25) is 0 Å². The SMILES string of the molecule is OCC(O)CC1CCOOC1. The topological polar surface area (TPSA) is 58.9 Å². The highest BCUT2D eigenvalue weighted by Gasteiger charge is 2.17. The standard InChI is InChI=1S/C7H14O4/c8-4-7(9)3-6-1-2-10-11-5-6/h6-9H,1-5H2. The molecule has 1 aliphatic heterocycles. The van der Waals surface area contributed by atoms with Crippen molar-refractivity contribution < 1.29 is 20.0 Å². The molecule has 0 aromatic carbocycles. The summed E-state index contributed by atoms with van der Waals surface area (Å²) in [6, 6.07) is 0. The first-order chi connectivity index (χ1) is 5.33. The van der Waals surface area contributed by atoms with Gasteiger partial charge in [0.05, 0.1) is 25.9 Å². The van der Waals surface area contributed by atoms with Gasteiger partial charge in [-0.15, -0.1) is 0 Å². The highest BCUT2D eigenvalue weighted by molar-refractivity contribution is 4.64. The third-order valence-electron chi connectivity index (χ3n) is 1.81. The lowest BCUT2D eigenvalue weighted by Crippen LogP contribution is -2.25. The Hall–Kier alpha value is -0.160. The average Bonchev–Trinajstić information content (AvgIpc) is 2.06. The Morgan fingerprint density at radius 1 is 1.45 bits per heavy atom. The summed E-state index contributed by atoms with van der Waals surface area (Å²) in [4.78, 5) is 9.41. The highest BCUT2D eigenvalue weighted by Crippen LogP contribution is 2.16. The molecule has 4 nitrogen and oxygen atoms in total. The van der Waals surface area contributed by atoms with Crippen molar-refractivity contribution in [1.82, 2.24) is 0 Å². The molecule has 66 valence electrons. The summed E-state index contributed by atoms with van der Waals surface area (Å²) < 4.78 is 0. The molecular formula is C7H14O4. The average molecular weight is 162 g/mol. The van der Waals surface area contributed by atoms with E-state index in [1.54, 1.807) is 0 Å².